The molecule has 10 heteroatoms. The first kappa shape index (κ1) is 22.9. The summed E-state index contributed by atoms with van der Waals surface area (Å²) >= 11 is 0. The summed E-state index contributed by atoms with van der Waals surface area (Å²) in [5, 5.41) is 0. The SMILES string of the molecule is CN1CCN(C(CCc2cncc(C(N)=O)c2)c2cnc(N)c(-c3nc4ccccc4[nH]3)n2)CC1. The van der Waals surface area contributed by atoms with Crippen molar-refractivity contribution in [1.82, 2.24) is 34.7 Å². The number of nitrogens with two attached hydrogens (primary N) is 2. The number of nitrogens with zero attached hydrogens (tertiary/aromatic N) is 6. The number of fused-ring (bicyclic) bond motifs is 1. The first-order chi connectivity index (χ1) is 17.0. The Morgan fingerprint density at radius 2 is 1.91 bits per heavy atom. The van der Waals surface area contributed by atoms with E-state index in [-0.39, 0.29) is 6.04 Å². The van der Waals surface area contributed by atoms with Gasteiger partial charge in [-0.2, -0.15) is 0 Å². The monoisotopic (exact) mass is 471 g/mol. The number of aromatic nitrogens is 5. The van der Waals surface area contributed by atoms with E-state index in [4.69, 9.17) is 16.5 Å². The van der Waals surface area contributed by atoms with Crippen molar-refractivity contribution >= 4 is 22.8 Å². The van der Waals surface area contributed by atoms with Crippen LogP contribution < -0.4 is 11.5 Å². The average Bonchev–Trinajstić information content (AvgIpc) is 3.30. The highest BCUT2D eigenvalue weighted by molar-refractivity contribution is 5.92. The molecule has 1 aliphatic rings. The highest BCUT2D eigenvalue weighted by atomic mass is 16.1. The molecule has 10 nitrogen and oxygen atoms in total. The van der Waals surface area contributed by atoms with Crippen molar-refractivity contribution in [3.8, 4) is 11.5 Å². The first-order valence-corrected chi connectivity index (χ1v) is 11.7. The number of para-hydroxylation sites is 2. The Morgan fingerprint density at radius 1 is 1.11 bits per heavy atom. The molecule has 1 unspecified atom stereocenters. The van der Waals surface area contributed by atoms with Crippen molar-refractivity contribution in [2.24, 2.45) is 5.73 Å². The number of primary amides is 1. The van der Waals surface area contributed by atoms with E-state index in [1.54, 1.807) is 12.4 Å². The van der Waals surface area contributed by atoms with Gasteiger partial charge in [0.15, 0.2) is 11.6 Å². The molecule has 5 rings (SSSR count). The Kier molecular flexibility index (Phi) is 6.39. The summed E-state index contributed by atoms with van der Waals surface area (Å²) < 4.78 is 0. The van der Waals surface area contributed by atoms with E-state index in [1.165, 1.54) is 6.20 Å². The van der Waals surface area contributed by atoms with Crippen molar-refractivity contribution < 1.29 is 4.79 Å². The number of aromatic amines is 1. The molecule has 0 spiro atoms. The van der Waals surface area contributed by atoms with Gasteiger partial charge >= 0.3 is 0 Å². The molecule has 1 aliphatic heterocycles. The lowest BCUT2D eigenvalue weighted by molar-refractivity contribution is 0.0999. The van der Waals surface area contributed by atoms with Crippen molar-refractivity contribution in [2.75, 3.05) is 39.0 Å². The lowest BCUT2D eigenvalue weighted by Gasteiger charge is -2.37. The van der Waals surface area contributed by atoms with E-state index in [1.807, 2.05) is 30.3 Å². The minimum absolute atomic E-state index is 0.0252. The summed E-state index contributed by atoms with van der Waals surface area (Å²) in [7, 11) is 2.13. The van der Waals surface area contributed by atoms with Gasteiger partial charge in [-0.1, -0.05) is 12.1 Å². The highest BCUT2D eigenvalue weighted by Gasteiger charge is 2.26. The van der Waals surface area contributed by atoms with Crippen LogP contribution in [0.25, 0.3) is 22.6 Å². The molecule has 1 atom stereocenters. The first-order valence-electron chi connectivity index (χ1n) is 11.7. The van der Waals surface area contributed by atoms with Gasteiger partial charge in [0, 0.05) is 38.6 Å². The number of benzene rings is 1. The second-order valence-corrected chi connectivity index (χ2v) is 8.97. The molecule has 3 aromatic heterocycles. The van der Waals surface area contributed by atoms with Crippen LogP contribution in [0.1, 0.15) is 34.1 Å². The number of piperazine rings is 1. The maximum absolute atomic E-state index is 11.6. The fourth-order valence-electron chi connectivity index (χ4n) is 4.53. The fraction of sp³-hybridized carbons (Fsp3) is 0.320. The maximum atomic E-state index is 11.6. The molecule has 5 N–H and O–H groups in total. The number of H-pyrrole nitrogens is 1. The summed E-state index contributed by atoms with van der Waals surface area (Å²) in [6.07, 6.45) is 6.54. The van der Waals surface area contributed by atoms with Gasteiger partial charge < -0.3 is 21.4 Å². The number of aryl methyl sites for hydroxylation is 1. The van der Waals surface area contributed by atoms with E-state index in [2.05, 4.69) is 36.8 Å². The third kappa shape index (κ3) is 4.98. The number of pyridine rings is 1. The number of hydrogen-bond acceptors (Lipinski definition) is 8. The molecule has 4 heterocycles. The van der Waals surface area contributed by atoms with Crippen molar-refractivity contribution in [1.29, 1.82) is 0 Å². The van der Waals surface area contributed by atoms with Crippen LogP contribution in [0.4, 0.5) is 5.82 Å². The molecule has 1 fully saturated rings. The molecule has 0 bridgehead atoms. The van der Waals surface area contributed by atoms with Gasteiger partial charge in [-0.3, -0.25) is 14.7 Å². The predicted molar refractivity (Wildman–Crippen MR) is 134 cm³/mol. The summed E-state index contributed by atoms with van der Waals surface area (Å²) in [6, 6.07) is 9.66. The second-order valence-electron chi connectivity index (χ2n) is 8.97. The van der Waals surface area contributed by atoms with E-state index in [0.29, 0.717) is 22.9 Å². The zero-order valence-electron chi connectivity index (χ0n) is 19.7. The molecule has 0 radical (unpaired) electrons. The standard InChI is InChI=1S/C25H29N9O/c1-33-8-10-34(11-9-33)21(7-6-16-12-17(24(27)35)14-28-13-16)20-15-29-23(26)22(30-20)25-31-18-4-2-3-5-19(18)32-25/h2-5,12-15,21H,6-11H2,1H3,(H2,26,29)(H2,27,35)(H,31,32). The van der Waals surface area contributed by atoms with Gasteiger partial charge in [0.25, 0.3) is 0 Å². The summed E-state index contributed by atoms with van der Waals surface area (Å²) in [4.78, 5) is 38.0. The average molecular weight is 472 g/mol. The number of carbonyl (C=O) groups excluding carboxylic acids is 1. The van der Waals surface area contributed by atoms with Crippen LogP contribution in [0.2, 0.25) is 0 Å². The second kappa shape index (κ2) is 9.77. The quantitative estimate of drug-likeness (QED) is 0.371. The smallest absolute Gasteiger partial charge is 0.250 e. The van der Waals surface area contributed by atoms with Crippen LogP contribution in [0.3, 0.4) is 0 Å². The van der Waals surface area contributed by atoms with Crippen molar-refractivity contribution in [3.05, 3.63) is 65.7 Å². The number of likely N-dealkylation sites (N-methyl/N-ethyl adjacent to an activating group) is 1. The van der Waals surface area contributed by atoms with Crippen LogP contribution in [0.5, 0.6) is 0 Å². The Bertz CT molecular complexity index is 1310. The van der Waals surface area contributed by atoms with Crippen LogP contribution in [-0.4, -0.2) is 73.9 Å². The van der Waals surface area contributed by atoms with Crippen LogP contribution in [0, 0.1) is 0 Å². The number of carbonyl (C=O) groups is 1. The Morgan fingerprint density at radius 3 is 2.69 bits per heavy atom. The predicted octanol–water partition coefficient (Wildman–Crippen LogP) is 2.02. The molecule has 1 saturated heterocycles. The van der Waals surface area contributed by atoms with Crippen LogP contribution in [0.15, 0.2) is 48.9 Å². The molecule has 4 aromatic rings. The minimum atomic E-state index is -0.477. The third-order valence-corrected chi connectivity index (χ3v) is 6.54. The molecule has 1 aromatic carbocycles. The summed E-state index contributed by atoms with van der Waals surface area (Å²) in [6.45, 7) is 3.81. The van der Waals surface area contributed by atoms with Gasteiger partial charge in [0.05, 0.1) is 34.5 Å². The van der Waals surface area contributed by atoms with E-state index < -0.39 is 5.91 Å². The molecular formula is C25H29N9O. The largest absolute Gasteiger partial charge is 0.382 e. The Hall–Kier alpha value is -3.89. The zero-order chi connectivity index (χ0) is 24.4. The number of hydrogen-bond donors (Lipinski definition) is 3. The number of imidazole rings is 1. The molecule has 0 saturated carbocycles. The topological polar surface area (TPSA) is 143 Å². The van der Waals surface area contributed by atoms with Gasteiger partial charge in [0.1, 0.15) is 5.69 Å². The van der Waals surface area contributed by atoms with E-state index in [9.17, 15) is 4.79 Å². The Labute approximate surface area is 203 Å². The minimum Gasteiger partial charge on any atom is -0.382 e. The van der Waals surface area contributed by atoms with Crippen LogP contribution >= 0.6 is 0 Å². The van der Waals surface area contributed by atoms with Gasteiger partial charge in [-0.05, 0) is 43.7 Å². The molecule has 180 valence electrons. The van der Waals surface area contributed by atoms with E-state index >= 15 is 0 Å². The van der Waals surface area contributed by atoms with Crippen LogP contribution in [-0.2, 0) is 6.42 Å². The molecule has 35 heavy (non-hydrogen) atoms. The molecule has 1 amide bonds. The number of nitrogens with one attached hydrogen (secondary N) is 1. The number of amides is 1. The lowest BCUT2D eigenvalue weighted by Crippen LogP contribution is -2.46. The number of rotatable bonds is 7. The van der Waals surface area contributed by atoms with Gasteiger partial charge in [-0.25, -0.2) is 15.0 Å². The lowest BCUT2D eigenvalue weighted by atomic mass is 10.0. The van der Waals surface area contributed by atoms with Crippen molar-refractivity contribution in [3.63, 3.8) is 0 Å². The third-order valence-electron chi connectivity index (χ3n) is 6.54. The van der Waals surface area contributed by atoms with Gasteiger partial charge in [0.2, 0.25) is 5.91 Å². The van der Waals surface area contributed by atoms with Crippen molar-refractivity contribution in [2.45, 2.75) is 18.9 Å². The molecular weight excluding hydrogens is 442 g/mol. The molecule has 0 aliphatic carbocycles. The number of nitrogen functional groups attached to an aromatic ring is 1. The fourth-order valence-corrected chi connectivity index (χ4v) is 4.53. The van der Waals surface area contributed by atoms with E-state index in [0.717, 1.165) is 61.3 Å². The van der Waals surface area contributed by atoms with Gasteiger partial charge in [-0.15, -0.1) is 0 Å². The summed E-state index contributed by atoms with van der Waals surface area (Å²) in [5.74, 6) is 0.465. The number of anilines is 1. The Balaban J connectivity index is 1.46. The highest BCUT2D eigenvalue weighted by Crippen LogP contribution is 2.29. The normalized spacial score (nSPS) is 15.9. The maximum Gasteiger partial charge on any atom is 0.250 e. The zero-order valence-corrected chi connectivity index (χ0v) is 19.7. The summed E-state index contributed by atoms with van der Waals surface area (Å²) in [5.41, 5.74) is 16.2.